The second-order valence-electron chi connectivity index (χ2n) is 19.2. The van der Waals surface area contributed by atoms with Crippen LogP contribution in [0.4, 0.5) is 0 Å². The first kappa shape index (κ1) is 65.9. The van der Waals surface area contributed by atoms with Gasteiger partial charge in [0, 0.05) is 12.8 Å². The van der Waals surface area contributed by atoms with Crippen molar-refractivity contribution in [3.63, 3.8) is 0 Å². The number of hydrogen-bond donors (Lipinski definition) is 0. The molecule has 0 aromatic rings. The van der Waals surface area contributed by atoms with Crippen molar-refractivity contribution >= 4 is 19.8 Å². The molecule has 9 nitrogen and oxygen atoms in total. The standard InChI is InChI=1S/C59H102NO8P/c1-6-8-10-12-14-16-18-20-22-24-26-27-28-29-30-31-32-33-34-36-38-40-42-44-46-48-50-52-59(62)68-57(56-67-69(63,64)66-54-53-60(3,4)5)55-65-58(61)51-49-47-45-43-41-39-37-35-25-23-21-19-17-15-13-11-9-7-2/h8,10,14,16,20,22-23,25-27,29-30,32-33,36,38,57H,6-7,9,11-13,15,17-19,21,24,28,31,34-35,37,39-56H2,1-5H3/b10-8-,16-14-,22-20-,25-23-,27-26-,30-29-,33-32-,38-36-. The molecular formula is C59H102NO8P. The van der Waals surface area contributed by atoms with Crippen molar-refractivity contribution in [2.45, 2.75) is 219 Å². The summed E-state index contributed by atoms with van der Waals surface area (Å²) in [6.07, 6.45) is 67.2. The number of unbranched alkanes of at least 4 members (excludes halogenated alkanes) is 19. The number of likely N-dealkylation sites (N-methyl/N-ethyl adjacent to an activating group) is 1. The number of esters is 2. The minimum absolute atomic E-state index is 0.0406. The Kier molecular flexibility index (Phi) is 47.7. The second kappa shape index (κ2) is 49.9. The lowest BCUT2D eigenvalue weighted by Gasteiger charge is -2.28. The first-order valence-corrected chi connectivity index (χ1v) is 28.9. The quantitative estimate of drug-likeness (QED) is 0.0195. The number of allylic oxidation sites excluding steroid dienone is 16. The summed E-state index contributed by atoms with van der Waals surface area (Å²) < 4.78 is 34.1. The average Bonchev–Trinajstić information content (AvgIpc) is 3.31. The highest BCUT2D eigenvalue weighted by atomic mass is 31.2. The fourth-order valence-electron chi connectivity index (χ4n) is 7.10. The molecule has 396 valence electrons. The number of rotatable bonds is 49. The molecule has 0 radical (unpaired) electrons. The van der Waals surface area contributed by atoms with Gasteiger partial charge in [0.05, 0.1) is 27.7 Å². The normalized spacial score (nSPS) is 14.1. The number of quaternary nitrogens is 1. The van der Waals surface area contributed by atoms with Crippen molar-refractivity contribution in [1.29, 1.82) is 0 Å². The fraction of sp³-hybridized carbons (Fsp3) is 0.695. The van der Waals surface area contributed by atoms with Crippen molar-refractivity contribution in [2.75, 3.05) is 47.5 Å². The van der Waals surface area contributed by atoms with E-state index in [0.29, 0.717) is 17.4 Å². The monoisotopic (exact) mass is 984 g/mol. The molecule has 0 amide bonds. The van der Waals surface area contributed by atoms with Gasteiger partial charge in [0.25, 0.3) is 7.82 Å². The summed E-state index contributed by atoms with van der Waals surface area (Å²) in [5.41, 5.74) is 0. The van der Waals surface area contributed by atoms with Gasteiger partial charge < -0.3 is 27.9 Å². The highest BCUT2D eigenvalue weighted by Gasteiger charge is 2.21. The van der Waals surface area contributed by atoms with Gasteiger partial charge in [-0.3, -0.25) is 14.2 Å². The molecule has 0 saturated heterocycles. The van der Waals surface area contributed by atoms with Crippen molar-refractivity contribution in [2.24, 2.45) is 0 Å². The molecule has 10 heteroatoms. The highest BCUT2D eigenvalue weighted by Crippen LogP contribution is 2.38. The third-order valence-electron chi connectivity index (χ3n) is 11.3. The Morgan fingerprint density at radius 3 is 1.25 bits per heavy atom. The maximum absolute atomic E-state index is 12.8. The van der Waals surface area contributed by atoms with Crippen molar-refractivity contribution in [1.82, 2.24) is 0 Å². The topological polar surface area (TPSA) is 111 Å². The summed E-state index contributed by atoms with van der Waals surface area (Å²) in [4.78, 5) is 37.8. The second-order valence-corrected chi connectivity index (χ2v) is 20.6. The lowest BCUT2D eigenvalue weighted by Crippen LogP contribution is -2.37. The molecular weight excluding hydrogens is 882 g/mol. The van der Waals surface area contributed by atoms with E-state index in [4.69, 9.17) is 18.5 Å². The number of nitrogens with zero attached hydrogens (tertiary/aromatic N) is 1. The van der Waals surface area contributed by atoms with E-state index in [-0.39, 0.29) is 26.1 Å². The van der Waals surface area contributed by atoms with Crippen LogP contribution in [0.5, 0.6) is 0 Å². The fourth-order valence-corrected chi connectivity index (χ4v) is 7.83. The number of phosphoric ester groups is 1. The van der Waals surface area contributed by atoms with Crippen LogP contribution in [0, 0.1) is 0 Å². The molecule has 2 unspecified atom stereocenters. The van der Waals surface area contributed by atoms with E-state index in [2.05, 4.69) is 111 Å². The number of carbonyl (C=O) groups is 2. The number of ether oxygens (including phenoxy) is 2. The molecule has 0 aliphatic carbocycles. The van der Waals surface area contributed by atoms with Gasteiger partial charge in [0.1, 0.15) is 19.8 Å². The largest absolute Gasteiger partial charge is 0.756 e. The number of phosphoric acid groups is 1. The molecule has 69 heavy (non-hydrogen) atoms. The van der Waals surface area contributed by atoms with E-state index >= 15 is 0 Å². The molecule has 0 aromatic heterocycles. The van der Waals surface area contributed by atoms with Crippen LogP contribution < -0.4 is 4.89 Å². The van der Waals surface area contributed by atoms with Crippen LogP contribution >= 0.6 is 7.82 Å². The van der Waals surface area contributed by atoms with E-state index < -0.39 is 32.5 Å². The van der Waals surface area contributed by atoms with Crippen LogP contribution in [0.1, 0.15) is 213 Å². The molecule has 0 aromatic carbocycles. The molecule has 0 spiro atoms. The van der Waals surface area contributed by atoms with Crippen LogP contribution in [0.25, 0.3) is 0 Å². The summed E-state index contributed by atoms with van der Waals surface area (Å²) in [5, 5.41) is 0. The summed E-state index contributed by atoms with van der Waals surface area (Å²) in [7, 11) is 1.14. The van der Waals surface area contributed by atoms with Crippen molar-refractivity contribution in [3.8, 4) is 0 Å². The van der Waals surface area contributed by atoms with Gasteiger partial charge in [-0.15, -0.1) is 0 Å². The lowest BCUT2D eigenvalue weighted by atomic mass is 10.1. The van der Waals surface area contributed by atoms with Crippen LogP contribution in [0.3, 0.4) is 0 Å². The lowest BCUT2D eigenvalue weighted by molar-refractivity contribution is -0.870. The van der Waals surface area contributed by atoms with Crippen molar-refractivity contribution in [3.05, 3.63) is 97.2 Å². The molecule has 0 N–H and O–H groups in total. The Morgan fingerprint density at radius 2 is 0.826 bits per heavy atom. The molecule has 0 heterocycles. The van der Waals surface area contributed by atoms with Crippen molar-refractivity contribution < 1.29 is 42.1 Å². The summed E-state index contributed by atoms with van der Waals surface area (Å²) >= 11 is 0. The first-order chi connectivity index (χ1) is 33.5. The number of carbonyl (C=O) groups excluding carboxylic acids is 2. The summed E-state index contributed by atoms with van der Waals surface area (Å²) in [6, 6.07) is 0. The zero-order chi connectivity index (χ0) is 50.6. The first-order valence-electron chi connectivity index (χ1n) is 27.4. The maximum Gasteiger partial charge on any atom is 0.306 e. The molecule has 0 rings (SSSR count). The Bertz CT molecular complexity index is 1490. The molecule has 0 bridgehead atoms. The number of hydrogen-bond acceptors (Lipinski definition) is 8. The SMILES string of the molecule is CC/C=C\C/C=C\C/C=C\C/C=C\C/C=C\C/C=C\C/C=C\CCCCCCCC(=O)OC(COC(=O)CCCCCCCCC/C=C\CCCCCCCCC)COP(=O)([O-])OCC[N+](C)(C)C. The maximum atomic E-state index is 12.8. The third kappa shape index (κ3) is 54.1. The van der Waals surface area contributed by atoms with Gasteiger partial charge in [-0.1, -0.05) is 201 Å². The Balaban J connectivity index is 4.29. The predicted octanol–water partition coefficient (Wildman–Crippen LogP) is 16.2. The average molecular weight is 984 g/mol. The molecule has 2 atom stereocenters. The van der Waals surface area contributed by atoms with Gasteiger partial charge in [-0.05, 0) is 96.3 Å². The molecule has 0 aliphatic heterocycles. The molecule has 0 saturated carbocycles. The summed E-state index contributed by atoms with van der Waals surface area (Å²) in [6.45, 7) is 4.09. The van der Waals surface area contributed by atoms with E-state index in [0.717, 1.165) is 109 Å². The van der Waals surface area contributed by atoms with Gasteiger partial charge >= 0.3 is 11.9 Å². The minimum Gasteiger partial charge on any atom is -0.756 e. The Morgan fingerprint density at radius 1 is 0.464 bits per heavy atom. The van der Waals surface area contributed by atoms with Crippen LogP contribution in [-0.2, 0) is 32.7 Å². The van der Waals surface area contributed by atoms with Crippen LogP contribution in [-0.4, -0.2) is 70.0 Å². The predicted molar refractivity (Wildman–Crippen MR) is 291 cm³/mol. The van der Waals surface area contributed by atoms with E-state index in [1.165, 1.54) is 70.6 Å². The van der Waals surface area contributed by atoms with Crippen LogP contribution in [0.15, 0.2) is 97.2 Å². The van der Waals surface area contributed by atoms with Crippen LogP contribution in [0.2, 0.25) is 0 Å². The van der Waals surface area contributed by atoms with E-state index in [1.807, 2.05) is 21.1 Å². The van der Waals surface area contributed by atoms with Gasteiger partial charge in [-0.2, -0.15) is 0 Å². The smallest absolute Gasteiger partial charge is 0.306 e. The Labute approximate surface area is 423 Å². The Hall–Kier alpha value is -3.07. The van der Waals surface area contributed by atoms with E-state index in [9.17, 15) is 19.0 Å². The highest BCUT2D eigenvalue weighted by molar-refractivity contribution is 7.45. The van der Waals surface area contributed by atoms with Gasteiger partial charge in [0.15, 0.2) is 6.10 Å². The van der Waals surface area contributed by atoms with Gasteiger partial charge in [0.2, 0.25) is 0 Å². The molecule has 0 fully saturated rings. The minimum atomic E-state index is -4.65. The van der Waals surface area contributed by atoms with E-state index in [1.54, 1.807) is 0 Å². The van der Waals surface area contributed by atoms with Gasteiger partial charge in [-0.25, -0.2) is 0 Å². The third-order valence-corrected chi connectivity index (χ3v) is 12.3. The summed E-state index contributed by atoms with van der Waals surface area (Å²) in [5.74, 6) is -0.865. The molecule has 0 aliphatic rings. The zero-order valence-corrected chi connectivity index (χ0v) is 45.6. The zero-order valence-electron chi connectivity index (χ0n) is 44.7.